The van der Waals surface area contributed by atoms with Gasteiger partial charge in [0.2, 0.25) is 5.91 Å². The van der Waals surface area contributed by atoms with E-state index >= 15 is 0 Å². The van der Waals surface area contributed by atoms with Crippen LogP contribution < -0.4 is 10.2 Å². The van der Waals surface area contributed by atoms with Gasteiger partial charge in [0, 0.05) is 26.2 Å². The minimum absolute atomic E-state index is 0.256. The van der Waals surface area contributed by atoms with E-state index in [0.29, 0.717) is 6.54 Å². The third-order valence-corrected chi connectivity index (χ3v) is 2.76. The molecule has 0 aliphatic rings. The van der Waals surface area contributed by atoms with Gasteiger partial charge in [-0.2, -0.15) is 0 Å². The number of likely N-dealkylation sites (N-methyl/N-ethyl adjacent to an activating group) is 1. The van der Waals surface area contributed by atoms with Crippen molar-refractivity contribution in [3.8, 4) is 0 Å². The Bertz CT molecular complexity index is 460. The summed E-state index contributed by atoms with van der Waals surface area (Å²) >= 11 is 0. The molecule has 1 aromatic rings. The van der Waals surface area contributed by atoms with Gasteiger partial charge in [0.05, 0.1) is 7.11 Å². The molecule has 104 valence electrons. The fraction of sp³-hybridized carbons (Fsp3) is 0.429. The van der Waals surface area contributed by atoms with Crippen molar-refractivity contribution in [2.24, 2.45) is 0 Å². The first kappa shape index (κ1) is 15.0. The van der Waals surface area contributed by atoms with Gasteiger partial charge in [-0.25, -0.2) is 4.79 Å². The smallest absolute Gasteiger partial charge is 0.330 e. The maximum Gasteiger partial charge on any atom is 0.330 e. The number of amides is 1. The highest BCUT2D eigenvalue weighted by molar-refractivity contribution is 5.83. The van der Waals surface area contributed by atoms with E-state index in [0.717, 1.165) is 11.3 Å². The van der Waals surface area contributed by atoms with E-state index in [9.17, 15) is 9.59 Å². The monoisotopic (exact) mass is 264 g/mol. The molecule has 0 aromatic heterocycles. The van der Waals surface area contributed by atoms with Gasteiger partial charge in [-0.05, 0) is 24.6 Å². The van der Waals surface area contributed by atoms with Crippen molar-refractivity contribution in [1.82, 2.24) is 5.32 Å². The van der Waals surface area contributed by atoms with Crippen LogP contribution in [0.3, 0.4) is 0 Å². The van der Waals surface area contributed by atoms with E-state index in [-0.39, 0.29) is 5.91 Å². The maximum atomic E-state index is 11.6. The molecule has 0 aliphatic carbocycles. The minimum Gasteiger partial charge on any atom is -0.467 e. The second kappa shape index (κ2) is 6.78. The molecule has 1 rings (SSSR count). The number of esters is 1. The van der Waals surface area contributed by atoms with Crippen LogP contribution in [0.5, 0.6) is 0 Å². The zero-order valence-electron chi connectivity index (χ0n) is 11.8. The topological polar surface area (TPSA) is 58.6 Å². The van der Waals surface area contributed by atoms with Crippen LogP contribution in [-0.2, 0) is 14.3 Å². The van der Waals surface area contributed by atoms with Crippen molar-refractivity contribution in [3.63, 3.8) is 0 Å². The third kappa shape index (κ3) is 4.62. The summed E-state index contributed by atoms with van der Waals surface area (Å²) in [6, 6.07) is 7.25. The van der Waals surface area contributed by atoms with Crippen LogP contribution in [0.4, 0.5) is 5.69 Å². The van der Waals surface area contributed by atoms with Crippen LogP contribution in [0.1, 0.15) is 12.5 Å². The first-order valence-corrected chi connectivity index (χ1v) is 6.06. The molecule has 19 heavy (non-hydrogen) atoms. The van der Waals surface area contributed by atoms with Crippen molar-refractivity contribution in [2.45, 2.75) is 19.9 Å². The summed E-state index contributed by atoms with van der Waals surface area (Å²) in [6.07, 6.45) is 0. The molecule has 5 heteroatoms. The Labute approximate surface area is 113 Å². The largest absolute Gasteiger partial charge is 0.467 e. The van der Waals surface area contributed by atoms with E-state index in [4.69, 9.17) is 4.74 Å². The molecule has 0 saturated heterocycles. The van der Waals surface area contributed by atoms with Gasteiger partial charge in [0.25, 0.3) is 0 Å². The van der Waals surface area contributed by atoms with Crippen LogP contribution in [-0.4, -0.2) is 38.6 Å². The molecule has 0 bridgehead atoms. The normalized spacial score (nSPS) is 11.6. The van der Waals surface area contributed by atoms with Gasteiger partial charge in [-0.3, -0.25) is 4.79 Å². The highest BCUT2D eigenvalue weighted by atomic mass is 16.5. The summed E-state index contributed by atoms with van der Waals surface area (Å²) in [5.41, 5.74) is 2.12. The fourth-order valence-corrected chi connectivity index (χ4v) is 1.81. The fourth-order valence-electron chi connectivity index (χ4n) is 1.81. The number of hydrogen-bond donors (Lipinski definition) is 1. The number of rotatable bonds is 5. The quantitative estimate of drug-likeness (QED) is 0.809. The standard InChI is InChI=1S/C14H20N2O3/c1-10-6-5-7-12(8-10)16(3)9-13(14(18)19-4)15-11(2)17/h5-8,13H,9H2,1-4H3,(H,15,17). The van der Waals surface area contributed by atoms with E-state index < -0.39 is 12.0 Å². The van der Waals surface area contributed by atoms with Crippen LogP contribution in [0.15, 0.2) is 24.3 Å². The molecule has 1 amide bonds. The molecular formula is C14H20N2O3. The molecule has 0 radical (unpaired) electrons. The Hall–Kier alpha value is -2.04. The summed E-state index contributed by atoms with van der Waals surface area (Å²) in [5.74, 6) is -0.706. The SMILES string of the molecule is COC(=O)C(CN(C)c1cccc(C)c1)NC(C)=O. The molecule has 0 spiro atoms. The second-order valence-electron chi connectivity index (χ2n) is 4.50. The van der Waals surface area contributed by atoms with Gasteiger partial charge >= 0.3 is 5.97 Å². The summed E-state index contributed by atoms with van der Waals surface area (Å²) in [5, 5.41) is 2.59. The van der Waals surface area contributed by atoms with Crippen molar-refractivity contribution in [2.75, 3.05) is 25.6 Å². The number of ether oxygens (including phenoxy) is 1. The zero-order valence-corrected chi connectivity index (χ0v) is 11.8. The molecule has 5 nitrogen and oxygen atoms in total. The van der Waals surface area contributed by atoms with Gasteiger partial charge in [0.15, 0.2) is 0 Å². The molecule has 1 N–H and O–H groups in total. The lowest BCUT2D eigenvalue weighted by Gasteiger charge is -2.25. The first-order chi connectivity index (χ1) is 8.93. The number of carbonyl (C=O) groups excluding carboxylic acids is 2. The predicted molar refractivity (Wildman–Crippen MR) is 74.1 cm³/mol. The summed E-state index contributed by atoms with van der Waals surface area (Å²) in [4.78, 5) is 24.6. The lowest BCUT2D eigenvalue weighted by Crippen LogP contribution is -2.47. The highest BCUT2D eigenvalue weighted by Crippen LogP contribution is 2.14. The van der Waals surface area contributed by atoms with Crippen molar-refractivity contribution >= 4 is 17.6 Å². The number of nitrogens with zero attached hydrogens (tertiary/aromatic N) is 1. The van der Waals surface area contributed by atoms with Crippen molar-refractivity contribution in [1.29, 1.82) is 0 Å². The lowest BCUT2D eigenvalue weighted by atomic mass is 10.2. The van der Waals surface area contributed by atoms with Gasteiger partial charge in [0.1, 0.15) is 6.04 Å². The number of anilines is 1. The minimum atomic E-state index is -0.673. The number of aryl methyl sites for hydroxylation is 1. The molecule has 0 saturated carbocycles. The molecule has 0 aliphatic heterocycles. The molecule has 0 fully saturated rings. The summed E-state index contributed by atoms with van der Waals surface area (Å²) in [6.45, 7) is 3.74. The third-order valence-electron chi connectivity index (χ3n) is 2.76. The average Bonchev–Trinajstić information content (AvgIpc) is 2.36. The lowest BCUT2D eigenvalue weighted by molar-refractivity contribution is -0.144. The number of nitrogens with one attached hydrogen (secondary N) is 1. The van der Waals surface area contributed by atoms with Crippen LogP contribution in [0.2, 0.25) is 0 Å². The second-order valence-corrected chi connectivity index (χ2v) is 4.50. The molecular weight excluding hydrogens is 244 g/mol. The zero-order chi connectivity index (χ0) is 14.4. The molecule has 1 unspecified atom stereocenters. The van der Waals surface area contributed by atoms with Crippen LogP contribution in [0, 0.1) is 6.92 Å². The van der Waals surface area contributed by atoms with Crippen LogP contribution >= 0.6 is 0 Å². The van der Waals surface area contributed by atoms with Crippen LogP contribution in [0.25, 0.3) is 0 Å². The average molecular weight is 264 g/mol. The summed E-state index contributed by atoms with van der Waals surface area (Å²) in [7, 11) is 3.18. The predicted octanol–water partition coefficient (Wildman–Crippen LogP) is 1.11. The van der Waals surface area contributed by atoms with Gasteiger partial charge in [-0.15, -0.1) is 0 Å². The number of hydrogen-bond acceptors (Lipinski definition) is 4. The Kier molecular flexibility index (Phi) is 5.36. The van der Waals surface area contributed by atoms with Gasteiger partial charge < -0.3 is 15.0 Å². The highest BCUT2D eigenvalue weighted by Gasteiger charge is 2.22. The van der Waals surface area contributed by atoms with E-state index in [1.807, 2.05) is 43.1 Å². The van der Waals surface area contributed by atoms with E-state index in [1.54, 1.807) is 0 Å². The maximum absolute atomic E-state index is 11.6. The van der Waals surface area contributed by atoms with Crippen molar-refractivity contribution in [3.05, 3.63) is 29.8 Å². The number of benzene rings is 1. The number of methoxy groups -OCH3 is 1. The molecule has 1 aromatic carbocycles. The van der Waals surface area contributed by atoms with Crippen molar-refractivity contribution < 1.29 is 14.3 Å². The van der Waals surface area contributed by atoms with Gasteiger partial charge in [-0.1, -0.05) is 12.1 Å². The Morgan fingerprint density at radius 3 is 2.63 bits per heavy atom. The first-order valence-electron chi connectivity index (χ1n) is 6.06. The summed E-state index contributed by atoms with van der Waals surface area (Å²) < 4.78 is 4.69. The number of carbonyl (C=O) groups is 2. The molecule has 1 atom stereocenters. The molecule has 0 heterocycles. The Morgan fingerprint density at radius 2 is 2.11 bits per heavy atom. The Morgan fingerprint density at radius 1 is 1.42 bits per heavy atom. The van der Waals surface area contributed by atoms with E-state index in [1.165, 1.54) is 14.0 Å². The Balaban J connectivity index is 2.78. The van der Waals surface area contributed by atoms with E-state index in [2.05, 4.69) is 5.32 Å².